The van der Waals surface area contributed by atoms with Gasteiger partial charge in [0.2, 0.25) is 11.8 Å². The summed E-state index contributed by atoms with van der Waals surface area (Å²) in [5, 5.41) is 10.7. The van der Waals surface area contributed by atoms with Gasteiger partial charge in [-0.2, -0.15) is 28.6 Å². The van der Waals surface area contributed by atoms with E-state index < -0.39 is 11.7 Å². The largest absolute Gasteiger partial charge is 0.416 e. The number of likely N-dealkylation sites (tertiary alicyclic amines) is 1. The molecule has 0 aliphatic carbocycles. The fraction of sp³-hybridized carbons (Fsp3) is 0.462. The summed E-state index contributed by atoms with van der Waals surface area (Å²) in [7, 11) is 0. The maximum absolute atomic E-state index is 12.8. The van der Waals surface area contributed by atoms with Crippen LogP contribution in [0.2, 0.25) is 0 Å². The van der Waals surface area contributed by atoms with Crippen molar-refractivity contribution in [2.24, 2.45) is 0 Å². The molecule has 2 aliphatic heterocycles. The van der Waals surface area contributed by atoms with Crippen LogP contribution in [-0.2, 0) is 28.6 Å². The smallest absolute Gasteiger partial charge is 0.342 e. The van der Waals surface area contributed by atoms with Gasteiger partial charge in [0.05, 0.1) is 18.4 Å². The Hall–Kier alpha value is -3.47. The predicted molar refractivity (Wildman–Crippen MR) is 130 cm³/mol. The van der Waals surface area contributed by atoms with Crippen molar-refractivity contribution in [1.29, 1.82) is 0 Å². The highest BCUT2D eigenvalue weighted by Crippen LogP contribution is 2.29. The summed E-state index contributed by atoms with van der Waals surface area (Å²) in [6.07, 6.45) is -2.15. The van der Waals surface area contributed by atoms with E-state index in [-0.39, 0.29) is 18.2 Å². The van der Waals surface area contributed by atoms with E-state index in [1.54, 1.807) is 4.90 Å². The van der Waals surface area contributed by atoms with Gasteiger partial charge in [-0.1, -0.05) is 18.2 Å². The number of aromatic amines is 1. The lowest BCUT2D eigenvalue weighted by Crippen LogP contribution is -2.55. The number of piperidine rings is 1. The first kappa shape index (κ1) is 25.2. The summed E-state index contributed by atoms with van der Waals surface area (Å²) in [4.78, 5) is 31.6. The highest BCUT2D eigenvalue weighted by atomic mass is 19.4. The van der Waals surface area contributed by atoms with Gasteiger partial charge in [-0.25, -0.2) is 0 Å². The van der Waals surface area contributed by atoms with Crippen LogP contribution >= 0.6 is 0 Å². The van der Waals surface area contributed by atoms with Crippen molar-refractivity contribution in [2.45, 2.75) is 37.9 Å². The number of carbonyl (C=O) groups excluding carboxylic acids is 2. The number of halogens is 3. The van der Waals surface area contributed by atoms with Crippen LogP contribution in [0.1, 0.15) is 29.5 Å². The molecule has 1 aromatic heterocycles. The third-order valence-corrected chi connectivity index (χ3v) is 7.37. The van der Waals surface area contributed by atoms with Crippen molar-refractivity contribution in [1.82, 2.24) is 30.1 Å². The average molecular weight is 515 g/mol. The second-order valence-electron chi connectivity index (χ2n) is 9.72. The molecule has 0 atom stereocenters. The molecule has 8 nitrogen and oxygen atoms in total. The highest BCUT2D eigenvalue weighted by molar-refractivity contribution is 5.81. The molecule has 2 amide bonds. The number of rotatable bonds is 5. The molecule has 0 bridgehead atoms. The molecule has 0 radical (unpaired) electrons. The van der Waals surface area contributed by atoms with Crippen LogP contribution < -0.4 is 0 Å². The summed E-state index contributed by atoms with van der Waals surface area (Å²) in [5.41, 5.74) is 2.32. The minimum absolute atomic E-state index is 0.0661. The van der Waals surface area contributed by atoms with Gasteiger partial charge in [-0.05, 0) is 48.2 Å². The fourth-order valence-electron chi connectivity index (χ4n) is 5.20. The van der Waals surface area contributed by atoms with Gasteiger partial charge in [0.1, 0.15) is 11.0 Å². The van der Waals surface area contributed by atoms with E-state index in [0.717, 1.165) is 54.7 Å². The average Bonchev–Trinajstić information content (AvgIpc) is 3.37. The Balaban J connectivity index is 1.05. The molecule has 37 heavy (non-hydrogen) atoms. The normalized spacial score (nSPS) is 17.9. The Morgan fingerprint density at radius 2 is 1.35 bits per heavy atom. The van der Waals surface area contributed by atoms with Crippen LogP contribution in [0.25, 0.3) is 11.0 Å². The third kappa shape index (κ3) is 5.93. The van der Waals surface area contributed by atoms with Crippen LogP contribution in [0.5, 0.6) is 0 Å². The fourth-order valence-corrected chi connectivity index (χ4v) is 5.20. The Morgan fingerprint density at radius 3 is 2.00 bits per heavy atom. The quantitative estimate of drug-likeness (QED) is 0.566. The molecule has 3 aromatic rings. The van der Waals surface area contributed by atoms with Crippen LogP contribution in [0.4, 0.5) is 13.2 Å². The van der Waals surface area contributed by atoms with Crippen molar-refractivity contribution in [3.05, 3.63) is 59.2 Å². The molecule has 11 heteroatoms. The minimum Gasteiger partial charge on any atom is -0.342 e. The Kier molecular flexibility index (Phi) is 7.14. The first-order valence-corrected chi connectivity index (χ1v) is 12.5. The van der Waals surface area contributed by atoms with E-state index in [1.165, 1.54) is 12.1 Å². The summed E-state index contributed by atoms with van der Waals surface area (Å²) in [6.45, 7) is 4.14. The van der Waals surface area contributed by atoms with E-state index in [4.69, 9.17) is 0 Å². The monoisotopic (exact) mass is 514 g/mol. The minimum atomic E-state index is -4.38. The lowest BCUT2D eigenvalue weighted by Gasteiger charge is -2.42. The second kappa shape index (κ2) is 10.5. The number of benzene rings is 2. The molecule has 1 N–H and O–H groups in total. The summed E-state index contributed by atoms with van der Waals surface area (Å²) in [6, 6.07) is 10.8. The molecule has 2 aliphatic rings. The number of H-pyrrole nitrogens is 1. The summed E-state index contributed by atoms with van der Waals surface area (Å²) in [5.74, 6) is 0.0450. The number of piperazine rings is 1. The van der Waals surface area contributed by atoms with Gasteiger partial charge < -0.3 is 9.80 Å². The number of fused-ring (bicyclic) bond motifs is 1. The number of amides is 2. The number of hydrogen-bond acceptors (Lipinski definition) is 5. The molecular weight excluding hydrogens is 485 g/mol. The molecule has 5 rings (SSSR count). The molecule has 0 unspecified atom stereocenters. The molecule has 196 valence electrons. The number of alkyl halides is 3. The van der Waals surface area contributed by atoms with Crippen molar-refractivity contribution in [3.63, 3.8) is 0 Å². The first-order valence-electron chi connectivity index (χ1n) is 12.5. The zero-order valence-electron chi connectivity index (χ0n) is 20.4. The van der Waals surface area contributed by atoms with Gasteiger partial charge in [0.15, 0.2) is 0 Å². The maximum atomic E-state index is 12.8. The molecule has 2 fully saturated rings. The van der Waals surface area contributed by atoms with Crippen LogP contribution in [0.3, 0.4) is 0 Å². The number of carbonyl (C=O) groups is 2. The van der Waals surface area contributed by atoms with Crippen molar-refractivity contribution in [3.8, 4) is 0 Å². The zero-order valence-corrected chi connectivity index (χ0v) is 20.4. The van der Waals surface area contributed by atoms with Gasteiger partial charge in [0.25, 0.3) is 0 Å². The first-order chi connectivity index (χ1) is 17.8. The lowest BCUT2D eigenvalue weighted by molar-refractivity contribution is -0.137. The zero-order chi connectivity index (χ0) is 26.0. The number of aromatic nitrogens is 3. The second-order valence-corrected chi connectivity index (χ2v) is 9.72. The predicted octanol–water partition coefficient (Wildman–Crippen LogP) is 2.90. The van der Waals surface area contributed by atoms with Gasteiger partial charge in [-0.3, -0.25) is 14.5 Å². The molecule has 0 saturated carbocycles. The van der Waals surface area contributed by atoms with E-state index in [2.05, 4.69) is 20.3 Å². The summed E-state index contributed by atoms with van der Waals surface area (Å²) < 4.78 is 38.2. The van der Waals surface area contributed by atoms with Crippen LogP contribution in [-0.4, -0.2) is 87.2 Å². The Morgan fingerprint density at radius 1 is 0.784 bits per heavy atom. The number of nitrogens with one attached hydrogen (secondary N) is 1. The van der Waals surface area contributed by atoms with Crippen molar-refractivity contribution < 1.29 is 22.8 Å². The Bertz CT molecular complexity index is 1240. The van der Waals surface area contributed by atoms with E-state index in [0.29, 0.717) is 44.2 Å². The van der Waals surface area contributed by atoms with E-state index in [1.807, 2.05) is 23.1 Å². The number of hydrogen-bond donors (Lipinski definition) is 1. The third-order valence-electron chi connectivity index (χ3n) is 7.37. The standard InChI is InChI=1S/C26H29F3N6O2/c27-26(28,29)20-4-1-18(2-5-20)16-24(36)35-13-11-33(12-14-35)21-7-9-34(10-8-21)25(37)17-19-3-6-22-23(15-19)31-32-30-22/h1-6,15,21H,7-14,16-17H2,(H,30,31,32). The maximum Gasteiger partial charge on any atom is 0.416 e. The van der Waals surface area contributed by atoms with Crippen molar-refractivity contribution >= 4 is 22.8 Å². The molecule has 3 heterocycles. The van der Waals surface area contributed by atoms with Crippen LogP contribution in [0.15, 0.2) is 42.5 Å². The summed E-state index contributed by atoms with van der Waals surface area (Å²) >= 11 is 0. The van der Waals surface area contributed by atoms with Gasteiger partial charge in [-0.15, -0.1) is 0 Å². The topological polar surface area (TPSA) is 85.4 Å². The highest BCUT2D eigenvalue weighted by Gasteiger charge is 2.31. The Labute approximate surface area is 212 Å². The van der Waals surface area contributed by atoms with Gasteiger partial charge in [0, 0.05) is 45.3 Å². The molecule has 2 aromatic carbocycles. The SMILES string of the molecule is O=C(Cc1ccc2n[nH]nc2c1)N1CCC(N2CCN(C(=O)Cc3ccc(C(F)(F)F)cc3)CC2)CC1. The van der Waals surface area contributed by atoms with E-state index >= 15 is 0 Å². The number of nitrogens with zero attached hydrogens (tertiary/aromatic N) is 5. The van der Waals surface area contributed by atoms with E-state index in [9.17, 15) is 22.8 Å². The lowest BCUT2D eigenvalue weighted by atomic mass is 10.0. The molecular formula is C26H29F3N6O2. The van der Waals surface area contributed by atoms with Gasteiger partial charge >= 0.3 is 6.18 Å². The molecule has 0 spiro atoms. The van der Waals surface area contributed by atoms with Crippen LogP contribution in [0, 0.1) is 0 Å². The van der Waals surface area contributed by atoms with Crippen molar-refractivity contribution in [2.75, 3.05) is 39.3 Å². The molecule has 2 saturated heterocycles.